The molecule has 0 bridgehead atoms. The average Bonchev–Trinajstić information content (AvgIpc) is 3.48. The minimum Gasteiger partial charge on any atom is -0.507 e. The van der Waals surface area contributed by atoms with Crippen LogP contribution in [0.4, 0.5) is 0 Å². The molecule has 0 radical (unpaired) electrons. The highest BCUT2D eigenvalue weighted by atomic mass is 16.7. The maximum absolute atomic E-state index is 14.7. The number of hydrogen-bond donors (Lipinski definition) is 4. The summed E-state index contributed by atoms with van der Waals surface area (Å²) in [6.07, 6.45) is 4.33. The van der Waals surface area contributed by atoms with E-state index in [1.807, 2.05) is 13.8 Å². The van der Waals surface area contributed by atoms with Gasteiger partial charge in [-0.05, 0) is 83.9 Å². The van der Waals surface area contributed by atoms with Crippen molar-refractivity contribution in [2.45, 2.75) is 146 Å². The minimum absolute atomic E-state index is 0.0371. The number of benzene rings is 1. The predicted octanol–water partition coefficient (Wildman–Crippen LogP) is 7.48. The molecule has 12 nitrogen and oxygen atoms in total. The second-order valence-corrected chi connectivity index (χ2v) is 18.9. The van der Waals surface area contributed by atoms with Crippen LogP contribution in [0.2, 0.25) is 0 Å². The number of aliphatic hydroxyl groups is 3. The maximum Gasteiger partial charge on any atom is 0.312 e. The van der Waals surface area contributed by atoms with Crippen LogP contribution in [0.25, 0.3) is 0 Å². The molecule has 3 aliphatic rings. The van der Waals surface area contributed by atoms with Crippen molar-refractivity contribution < 1.29 is 49.0 Å². The largest absolute Gasteiger partial charge is 0.507 e. The number of carbonyl (C=O) groups is 3. The van der Waals surface area contributed by atoms with Gasteiger partial charge in [-0.25, -0.2) is 0 Å². The highest BCUT2D eigenvalue weighted by Gasteiger charge is 2.52. The lowest BCUT2D eigenvalue weighted by atomic mass is 9.78. The average molecular weight is 849 g/mol. The van der Waals surface area contributed by atoms with Gasteiger partial charge in [0, 0.05) is 74.0 Å². The van der Waals surface area contributed by atoms with Crippen molar-refractivity contribution in [3.05, 3.63) is 69.0 Å². The summed E-state index contributed by atoms with van der Waals surface area (Å²) in [6, 6.07) is 0. The Bertz CT molecular complexity index is 2000. The molecule has 1 saturated heterocycles. The second-order valence-electron chi connectivity index (χ2n) is 18.9. The van der Waals surface area contributed by atoms with Crippen LogP contribution in [0.5, 0.6) is 11.5 Å². The summed E-state index contributed by atoms with van der Waals surface area (Å²) in [5.41, 5.74) is 2.92. The number of nitrogens with zero attached hydrogens (tertiary/aromatic N) is 2. The summed E-state index contributed by atoms with van der Waals surface area (Å²) in [6.45, 7) is 27.9. The van der Waals surface area contributed by atoms with Gasteiger partial charge in [-0.15, -0.1) is 0 Å². The number of hydrogen-bond acceptors (Lipinski definition) is 12. The van der Waals surface area contributed by atoms with Crippen LogP contribution >= 0.6 is 0 Å². The molecule has 12 heteroatoms. The first-order chi connectivity index (χ1) is 28.3. The fourth-order valence-electron chi connectivity index (χ4n) is 8.88. The Labute approximate surface area is 363 Å². The number of likely N-dealkylation sites (tertiary alicyclic amines) is 1. The lowest BCUT2D eigenvalue weighted by Gasteiger charge is -2.38. The molecule has 9 atom stereocenters. The van der Waals surface area contributed by atoms with E-state index in [1.54, 1.807) is 66.7 Å². The number of aliphatic hydroxyl groups excluding tert-OH is 3. The molecule has 4 rings (SSSR count). The number of phenols is 1. The van der Waals surface area contributed by atoms with Crippen molar-refractivity contribution in [3.63, 3.8) is 0 Å². The molecule has 1 aromatic rings. The Kier molecular flexibility index (Phi) is 16.0. The normalized spacial score (nSPS) is 24.6. The third kappa shape index (κ3) is 10.3. The van der Waals surface area contributed by atoms with Crippen LogP contribution < -0.4 is 4.74 Å². The summed E-state index contributed by atoms with van der Waals surface area (Å²) < 4.78 is 18.4. The highest BCUT2D eigenvalue weighted by molar-refractivity contribution is 6.33. The van der Waals surface area contributed by atoms with Gasteiger partial charge in [0.2, 0.25) is 0 Å². The Hall–Kier alpha value is -3.94. The fraction of sp³-hybridized carbons (Fsp3) is 0.633. The van der Waals surface area contributed by atoms with Crippen LogP contribution in [-0.4, -0.2) is 111 Å². The van der Waals surface area contributed by atoms with E-state index < -0.39 is 59.3 Å². The summed E-state index contributed by atoms with van der Waals surface area (Å²) in [5, 5.41) is 45.6. The van der Waals surface area contributed by atoms with Gasteiger partial charge in [0.1, 0.15) is 11.5 Å². The fourth-order valence-corrected chi connectivity index (χ4v) is 8.88. The zero-order chi connectivity index (χ0) is 46.0. The van der Waals surface area contributed by atoms with Crippen LogP contribution in [0.1, 0.15) is 135 Å². The molecule has 0 spiro atoms. The van der Waals surface area contributed by atoms with Gasteiger partial charge in [-0.2, -0.15) is 0 Å². The summed E-state index contributed by atoms with van der Waals surface area (Å²) >= 11 is 0. The predicted molar refractivity (Wildman–Crippen MR) is 238 cm³/mol. The molecular weight excluding hydrogens is 777 g/mol. The number of rotatable bonds is 17. The van der Waals surface area contributed by atoms with Gasteiger partial charge in [-0.1, -0.05) is 59.8 Å². The molecule has 2 aliphatic heterocycles. The molecule has 4 N–H and O–H groups in total. The molecule has 0 amide bonds. The molecule has 0 saturated carbocycles. The molecule has 0 aromatic heterocycles. The number of ketones is 3. The number of ether oxygens (including phenoxy) is 3. The number of Topliss-reactive ketones (excluding diaryl/α,β-unsaturated/α-hetero) is 3. The number of aromatic hydroxyl groups is 1. The lowest BCUT2D eigenvalue weighted by molar-refractivity contribution is -0.113. The van der Waals surface area contributed by atoms with Crippen molar-refractivity contribution >= 4 is 23.1 Å². The van der Waals surface area contributed by atoms with E-state index in [0.29, 0.717) is 33.9 Å². The van der Waals surface area contributed by atoms with Gasteiger partial charge >= 0.3 is 5.79 Å². The Morgan fingerprint density at radius 3 is 2.00 bits per heavy atom. The van der Waals surface area contributed by atoms with Crippen molar-refractivity contribution in [1.82, 2.24) is 4.90 Å². The van der Waals surface area contributed by atoms with Crippen LogP contribution in [0.3, 0.4) is 0 Å². The number of aliphatic imine (C=N–C) groups is 1. The van der Waals surface area contributed by atoms with Gasteiger partial charge < -0.3 is 39.5 Å². The van der Waals surface area contributed by atoms with E-state index in [2.05, 4.69) is 25.7 Å². The Balaban J connectivity index is 1.59. The first-order valence-electron chi connectivity index (χ1n) is 21.8. The van der Waals surface area contributed by atoms with Crippen LogP contribution in [-0.2, 0) is 14.3 Å². The van der Waals surface area contributed by atoms with Crippen molar-refractivity contribution in [3.8, 4) is 11.5 Å². The zero-order valence-corrected chi connectivity index (χ0v) is 39.2. The number of methoxy groups -OCH3 is 1. The monoisotopic (exact) mass is 849 g/mol. The third-order valence-corrected chi connectivity index (χ3v) is 13.5. The quantitative estimate of drug-likeness (QED) is 0.0695. The topological polar surface area (TPSA) is 175 Å². The summed E-state index contributed by atoms with van der Waals surface area (Å²) in [7, 11) is 1.49. The second kappa shape index (κ2) is 19.6. The molecule has 1 aliphatic carbocycles. The number of carbonyl (C=O) groups excluding carboxylic acids is 3. The Morgan fingerprint density at radius 2 is 1.44 bits per heavy atom. The molecular formula is C49H72N2O10. The minimum atomic E-state index is -1.89. The van der Waals surface area contributed by atoms with Gasteiger partial charge in [0.15, 0.2) is 11.6 Å². The number of phenolic OH excluding ortho intramolecular Hbond substituents is 1. The first kappa shape index (κ1) is 49.7. The maximum atomic E-state index is 14.7. The molecule has 2 heterocycles. The van der Waals surface area contributed by atoms with Crippen molar-refractivity contribution in [1.29, 1.82) is 0 Å². The Morgan fingerprint density at radius 1 is 0.869 bits per heavy atom. The number of fused-ring (bicyclic) bond motifs is 3. The van der Waals surface area contributed by atoms with Gasteiger partial charge in [-0.3, -0.25) is 19.4 Å². The molecule has 61 heavy (non-hydrogen) atoms. The van der Waals surface area contributed by atoms with E-state index in [9.17, 15) is 34.8 Å². The van der Waals surface area contributed by atoms with E-state index in [4.69, 9.17) is 19.2 Å². The molecule has 1 fully saturated rings. The van der Waals surface area contributed by atoms with E-state index >= 15 is 0 Å². The SMILES string of the molecule is CO[C@@H](/C(C)=C/O[C@@]1(C)Oc2c(C)c(O)c3c(c2C1=O)C(=NC1(C)CCN(CC(C)C)CC1)C(C)=C(C)C3=O)[C@@H](C)[C@@H](O)[C@H](C)[C@H](O)[C@H](C)[C@@H](O)[C@@H](C)/C=C/C=C(/C)C(C)=O. The number of piperidine rings is 1. The summed E-state index contributed by atoms with van der Waals surface area (Å²) in [4.78, 5) is 47.9. The van der Waals surface area contributed by atoms with Crippen LogP contribution in [0, 0.1) is 36.5 Å². The van der Waals surface area contributed by atoms with Gasteiger partial charge in [0.05, 0.1) is 53.1 Å². The van der Waals surface area contributed by atoms with E-state index in [1.165, 1.54) is 27.2 Å². The summed E-state index contributed by atoms with van der Waals surface area (Å²) in [5.74, 6) is -4.63. The van der Waals surface area contributed by atoms with E-state index in [0.717, 1.165) is 32.5 Å². The lowest BCUT2D eigenvalue weighted by Crippen LogP contribution is -2.45. The molecule has 338 valence electrons. The zero-order valence-electron chi connectivity index (χ0n) is 39.2. The molecule has 1 aromatic carbocycles. The van der Waals surface area contributed by atoms with Crippen LogP contribution in [0.15, 0.2) is 51.8 Å². The van der Waals surface area contributed by atoms with Gasteiger partial charge in [0.25, 0.3) is 5.78 Å². The molecule has 0 unspecified atom stereocenters. The van der Waals surface area contributed by atoms with Crippen molar-refractivity contribution in [2.75, 3.05) is 26.7 Å². The smallest absolute Gasteiger partial charge is 0.312 e. The highest BCUT2D eigenvalue weighted by Crippen LogP contribution is 2.49. The third-order valence-electron chi connectivity index (χ3n) is 13.5. The number of allylic oxidation sites excluding steroid dienone is 5. The van der Waals surface area contributed by atoms with E-state index in [-0.39, 0.29) is 51.2 Å². The standard InChI is InChI=1S/C49H72N2O10/c1-25(2)23-51-21-19-48(13,20-22-51)50-39-29(6)30(7)43(56)37-36(39)38-46(34(11)44(37)57)61-49(14,47(38)58)60-24-28(5)45(59-15)33(10)42(55)32(9)41(54)31(8)40(53)27(4)18-16-17-26(3)35(12)52/h16-18,24-25,27,31-33,40-42,45,53-55,57H,19-23H2,1-15H3/b18-16+,26-17-,28-24+,50-39?/t27-,31+,32+,33-,40-,41+,42-,45-,49-/m0/s1. The first-order valence-corrected chi connectivity index (χ1v) is 21.8. The van der Waals surface area contributed by atoms with Crippen molar-refractivity contribution in [2.24, 2.45) is 34.6 Å².